The van der Waals surface area contributed by atoms with Crippen LogP contribution >= 0.6 is 0 Å². The summed E-state index contributed by atoms with van der Waals surface area (Å²) in [5.74, 6) is 0. The predicted molar refractivity (Wildman–Crippen MR) is 72.2 cm³/mol. The van der Waals surface area contributed by atoms with Crippen LogP contribution in [0.1, 0.15) is 19.3 Å². The topological polar surface area (TPSA) is 32.6 Å². The van der Waals surface area contributed by atoms with Crippen molar-refractivity contribution in [2.24, 2.45) is 0 Å². The highest BCUT2D eigenvalue weighted by molar-refractivity contribution is 6.64. The Bertz CT molecular complexity index is 392. The van der Waals surface area contributed by atoms with E-state index < -0.39 is 8.80 Å². The van der Waals surface area contributed by atoms with Gasteiger partial charge in [0.15, 0.2) is 0 Å². The fraction of sp³-hybridized carbons (Fsp3) is 0.538. The Kier molecular flexibility index (Phi) is 4.06. The summed E-state index contributed by atoms with van der Waals surface area (Å²) in [5.41, 5.74) is 0. The molecule has 0 aliphatic heterocycles. The minimum atomic E-state index is -2.80. The molecule has 1 heterocycles. The highest BCUT2D eigenvalue weighted by Gasteiger charge is 2.59. The number of hydrogen-bond donors (Lipinski definition) is 0. The third-order valence-electron chi connectivity index (χ3n) is 3.72. The fourth-order valence-electron chi connectivity index (χ4n) is 2.86. The van der Waals surface area contributed by atoms with Gasteiger partial charge < -0.3 is 17.8 Å². The van der Waals surface area contributed by atoms with Crippen LogP contribution < -0.4 is 0 Å². The Balaban J connectivity index is 2.54. The number of hydrogen-bond acceptors (Lipinski definition) is 3. The van der Waals surface area contributed by atoms with Crippen molar-refractivity contribution >= 4 is 8.80 Å². The smallest absolute Gasteiger partial charge is 0.375 e. The summed E-state index contributed by atoms with van der Waals surface area (Å²) < 4.78 is 19.3. The zero-order valence-electron chi connectivity index (χ0n) is 11.3. The lowest BCUT2D eigenvalue weighted by Crippen LogP contribution is -2.63. The molecule has 0 aromatic carbocycles. The Hall–Kier alpha value is -0.883. The molecule has 0 saturated carbocycles. The van der Waals surface area contributed by atoms with Gasteiger partial charge in [0.2, 0.25) is 0 Å². The first-order valence-electron chi connectivity index (χ1n) is 6.21. The van der Waals surface area contributed by atoms with Crippen LogP contribution in [-0.2, 0) is 18.4 Å². The fourth-order valence-corrected chi connectivity index (χ4v) is 5.69. The van der Waals surface area contributed by atoms with Crippen LogP contribution in [0.3, 0.4) is 0 Å². The molecular formula is C13H21NO3Si. The van der Waals surface area contributed by atoms with E-state index in [-0.39, 0.29) is 5.16 Å². The average molecular weight is 267 g/mol. The lowest BCUT2D eigenvalue weighted by Gasteiger charge is -2.44. The Labute approximate surface area is 110 Å². The maximum atomic E-state index is 5.73. The largest absolute Gasteiger partial charge is 0.531 e. The molecule has 1 atom stereocenters. The van der Waals surface area contributed by atoms with Crippen molar-refractivity contribution in [2.45, 2.75) is 24.4 Å². The summed E-state index contributed by atoms with van der Waals surface area (Å²) in [6.45, 7) is 0. The predicted octanol–water partition coefficient (Wildman–Crippen LogP) is 2.34. The van der Waals surface area contributed by atoms with Crippen molar-refractivity contribution in [3.8, 4) is 0 Å². The molecule has 100 valence electrons. The summed E-state index contributed by atoms with van der Waals surface area (Å²) in [6.07, 6.45) is 11.7. The molecule has 0 N–H and O–H groups in total. The van der Waals surface area contributed by atoms with Crippen LogP contribution in [-0.4, -0.2) is 34.7 Å². The Morgan fingerprint density at radius 3 is 2.11 bits per heavy atom. The summed E-state index contributed by atoms with van der Waals surface area (Å²) in [4.78, 5) is 0. The van der Waals surface area contributed by atoms with Gasteiger partial charge in [-0.3, -0.25) is 0 Å². The van der Waals surface area contributed by atoms with Crippen LogP contribution in [0.15, 0.2) is 36.7 Å². The molecule has 1 aromatic rings. The molecule has 4 nitrogen and oxygen atoms in total. The second kappa shape index (κ2) is 5.40. The third-order valence-corrected chi connectivity index (χ3v) is 7.07. The molecule has 1 aromatic heterocycles. The average Bonchev–Trinajstić information content (AvgIpc) is 2.97. The monoisotopic (exact) mass is 267 g/mol. The van der Waals surface area contributed by atoms with Crippen molar-refractivity contribution in [1.82, 2.24) is 4.57 Å². The highest BCUT2D eigenvalue weighted by Crippen LogP contribution is 2.39. The Morgan fingerprint density at radius 1 is 1.06 bits per heavy atom. The van der Waals surface area contributed by atoms with Crippen molar-refractivity contribution < 1.29 is 13.3 Å². The van der Waals surface area contributed by atoms with Crippen LogP contribution in [0.5, 0.6) is 0 Å². The standard InChI is InChI=1S/C13H21NO3Si/c1-15-18(16-2,17-3)13(9-5-4-6-10-13)14-11-7-8-12-14/h5,7-9,11-12H,4,6,10H2,1-3H3. The summed E-state index contributed by atoms with van der Waals surface area (Å²) in [6, 6.07) is 4.04. The summed E-state index contributed by atoms with van der Waals surface area (Å²) in [7, 11) is 2.23. The van der Waals surface area contributed by atoms with E-state index >= 15 is 0 Å². The van der Waals surface area contributed by atoms with Crippen LogP contribution in [0.25, 0.3) is 0 Å². The van der Waals surface area contributed by atoms with Gasteiger partial charge in [0.25, 0.3) is 0 Å². The third kappa shape index (κ3) is 1.87. The van der Waals surface area contributed by atoms with Gasteiger partial charge >= 0.3 is 8.80 Å². The minimum absolute atomic E-state index is 0.326. The zero-order chi connectivity index (χ0) is 13.1. The highest BCUT2D eigenvalue weighted by atomic mass is 28.4. The van der Waals surface area contributed by atoms with E-state index in [0.717, 1.165) is 19.3 Å². The van der Waals surface area contributed by atoms with E-state index in [1.54, 1.807) is 21.3 Å². The van der Waals surface area contributed by atoms with Gasteiger partial charge in [-0.25, -0.2) is 0 Å². The van der Waals surface area contributed by atoms with Crippen molar-refractivity contribution in [3.05, 3.63) is 36.7 Å². The number of aromatic nitrogens is 1. The van der Waals surface area contributed by atoms with Gasteiger partial charge in [-0.15, -0.1) is 0 Å². The molecule has 1 unspecified atom stereocenters. The maximum absolute atomic E-state index is 5.73. The molecule has 0 saturated heterocycles. The normalized spacial score (nSPS) is 24.4. The van der Waals surface area contributed by atoms with E-state index in [0.29, 0.717) is 0 Å². The van der Waals surface area contributed by atoms with Gasteiger partial charge in [-0.05, 0) is 31.4 Å². The first kappa shape index (κ1) is 13.5. The number of rotatable bonds is 5. The van der Waals surface area contributed by atoms with Gasteiger partial charge in [0, 0.05) is 33.7 Å². The second-order valence-corrected chi connectivity index (χ2v) is 7.68. The molecule has 0 amide bonds. The zero-order valence-corrected chi connectivity index (χ0v) is 12.3. The van der Waals surface area contributed by atoms with Crippen molar-refractivity contribution in [1.29, 1.82) is 0 Å². The maximum Gasteiger partial charge on any atom is 0.531 e. The lowest BCUT2D eigenvalue weighted by atomic mass is 10.0. The lowest BCUT2D eigenvalue weighted by molar-refractivity contribution is 0.0789. The van der Waals surface area contributed by atoms with E-state index in [1.807, 2.05) is 12.1 Å². The molecule has 1 aliphatic carbocycles. The SMILES string of the molecule is CO[Si](OC)(OC)C1(n2cccc2)C=CCCC1. The molecule has 0 spiro atoms. The Morgan fingerprint density at radius 2 is 1.67 bits per heavy atom. The molecule has 2 rings (SSSR count). The molecule has 0 bridgehead atoms. The molecule has 0 fully saturated rings. The van der Waals surface area contributed by atoms with Gasteiger partial charge in [0.1, 0.15) is 5.16 Å². The second-order valence-electron chi connectivity index (χ2n) is 4.48. The van der Waals surface area contributed by atoms with Crippen LogP contribution in [0.2, 0.25) is 0 Å². The van der Waals surface area contributed by atoms with Crippen LogP contribution in [0.4, 0.5) is 0 Å². The van der Waals surface area contributed by atoms with E-state index in [2.05, 4.69) is 29.1 Å². The van der Waals surface area contributed by atoms with Crippen molar-refractivity contribution in [3.63, 3.8) is 0 Å². The van der Waals surface area contributed by atoms with Crippen molar-refractivity contribution in [2.75, 3.05) is 21.3 Å². The quantitative estimate of drug-likeness (QED) is 0.606. The summed E-state index contributed by atoms with van der Waals surface area (Å²) in [5, 5.41) is -0.326. The molecule has 1 aliphatic rings. The van der Waals surface area contributed by atoms with E-state index in [1.165, 1.54) is 0 Å². The van der Waals surface area contributed by atoms with E-state index in [9.17, 15) is 0 Å². The van der Waals surface area contributed by atoms with Gasteiger partial charge in [0.05, 0.1) is 0 Å². The van der Waals surface area contributed by atoms with Gasteiger partial charge in [-0.1, -0.05) is 12.2 Å². The van der Waals surface area contributed by atoms with Crippen LogP contribution in [0, 0.1) is 0 Å². The molecule has 0 radical (unpaired) electrons. The number of allylic oxidation sites excluding steroid dienone is 2. The van der Waals surface area contributed by atoms with Gasteiger partial charge in [-0.2, -0.15) is 0 Å². The first-order valence-corrected chi connectivity index (χ1v) is 7.94. The minimum Gasteiger partial charge on any atom is -0.375 e. The number of nitrogens with zero attached hydrogens (tertiary/aromatic N) is 1. The molecule has 18 heavy (non-hydrogen) atoms. The summed E-state index contributed by atoms with van der Waals surface area (Å²) >= 11 is 0. The molecular weight excluding hydrogens is 246 g/mol. The van der Waals surface area contributed by atoms with E-state index in [4.69, 9.17) is 13.3 Å². The molecule has 5 heteroatoms. The first-order chi connectivity index (χ1) is 8.74.